The molecule has 2 aromatic carbocycles. The zero-order chi connectivity index (χ0) is 27.0. The van der Waals surface area contributed by atoms with Crippen LogP contribution in [0.25, 0.3) is 11.4 Å². The lowest BCUT2D eigenvalue weighted by atomic mass is 9.86. The molecule has 37 heavy (non-hydrogen) atoms. The molecule has 0 spiro atoms. The molecule has 0 fully saturated rings. The Hall–Kier alpha value is -3.57. The van der Waals surface area contributed by atoms with E-state index >= 15 is 0 Å². The minimum absolute atomic E-state index is 0.0381. The second-order valence-corrected chi connectivity index (χ2v) is 11.9. The number of aromatic nitrogens is 2. The minimum Gasteiger partial charge on any atom is -0.357 e. The molecule has 2 amide bonds. The van der Waals surface area contributed by atoms with Crippen LogP contribution in [0.4, 0.5) is 4.39 Å². The van der Waals surface area contributed by atoms with Crippen molar-refractivity contribution < 1.29 is 22.4 Å². The third-order valence-electron chi connectivity index (χ3n) is 6.30. The number of hydrogen-bond acceptors (Lipinski definition) is 5. The first-order valence-electron chi connectivity index (χ1n) is 11.9. The van der Waals surface area contributed by atoms with Gasteiger partial charge in [0, 0.05) is 25.7 Å². The molecule has 1 aromatic heterocycles. The van der Waals surface area contributed by atoms with Gasteiger partial charge in [-0.3, -0.25) is 9.59 Å². The fraction of sp³-hybridized carbons (Fsp3) is 0.346. The second-order valence-electron chi connectivity index (χ2n) is 9.93. The molecule has 2 heterocycles. The van der Waals surface area contributed by atoms with Crippen LogP contribution in [0.5, 0.6) is 0 Å². The summed E-state index contributed by atoms with van der Waals surface area (Å²) in [6, 6.07) is 13.3. The zero-order valence-corrected chi connectivity index (χ0v) is 22.0. The van der Waals surface area contributed by atoms with Gasteiger partial charge in [-0.15, -0.1) is 0 Å². The third-order valence-corrected chi connectivity index (χ3v) is 8.14. The van der Waals surface area contributed by atoms with Crippen molar-refractivity contribution in [2.45, 2.75) is 44.8 Å². The summed E-state index contributed by atoms with van der Waals surface area (Å²) in [6.07, 6.45) is 0. The smallest absolute Gasteiger partial charge is 0.272 e. The monoisotopic (exact) mass is 527 g/mol. The lowest BCUT2D eigenvalue weighted by Gasteiger charge is -2.30. The zero-order valence-electron chi connectivity index (χ0n) is 21.2. The average Bonchev–Trinajstić information content (AvgIpc) is 3.25. The summed E-state index contributed by atoms with van der Waals surface area (Å²) >= 11 is 0. The van der Waals surface area contributed by atoms with Crippen molar-refractivity contribution >= 4 is 21.8 Å². The number of fused-ring (bicyclic) bond motifs is 1. The molecule has 0 saturated heterocycles. The number of carbonyl (C=O) groups is 2. The Bertz CT molecular complexity index is 1430. The van der Waals surface area contributed by atoms with Gasteiger partial charge in [-0.25, -0.2) is 17.8 Å². The van der Waals surface area contributed by atoms with Crippen LogP contribution >= 0.6 is 0 Å². The van der Waals surface area contributed by atoms with Crippen molar-refractivity contribution in [3.63, 3.8) is 0 Å². The van der Waals surface area contributed by atoms with E-state index < -0.39 is 33.2 Å². The van der Waals surface area contributed by atoms with Gasteiger partial charge >= 0.3 is 0 Å². The standard InChI is InChI=1S/C26H30FN5O4S/c1-26(2,3)22(25(34)28-4)30-24(33)21-20-16-31(37(35,36)19-12-8-11-18(27)15-19)13-14-32(20)23(29-21)17-9-6-5-7-10-17/h5-12,15,22H,13-14,16H2,1-4H3,(H,28,34)(H,30,33)/t22-/m1/s1. The Kier molecular flexibility index (Phi) is 7.20. The third kappa shape index (κ3) is 5.28. The van der Waals surface area contributed by atoms with E-state index in [-0.39, 0.29) is 36.1 Å². The highest BCUT2D eigenvalue weighted by Gasteiger charge is 2.37. The average molecular weight is 528 g/mol. The number of benzene rings is 2. The fourth-order valence-electron chi connectivity index (χ4n) is 4.34. The van der Waals surface area contributed by atoms with Crippen molar-refractivity contribution in [3.05, 3.63) is 71.8 Å². The van der Waals surface area contributed by atoms with E-state index in [0.717, 1.165) is 11.6 Å². The Labute approximate surface area is 215 Å². The molecule has 196 valence electrons. The van der Waals surface area contributed by atoms with Crippen molar-refractivity contribution in [1.82, 2.24) is 24.5 Å². The predicted molar refractivity (Wildman–Crippen MR) is 136 cm³/mol. The van der Waals surface area contributed by atoms with Gasteiger partial charge in [0.15, 0.2) is 5.69 Å². The molecule has 9 nitrogen and oxygen atoms in total. The molecule has 2 N–H and O–H groups in total. The molecule has 1 aliphatic heterocycles. The second kappa shape index (κ2) is 10.1. The van der Waals surface area contributed by atoms with Crippen molar-refractivity contribution in [1.29, 1.82) is 0 Å². The first kappa shape index (κ1) is 26.5. The van der Waals surface area contributed by atoms with Crippen LogP contribution in [0, 0.1) is 11.2 Å². The summed E-state index contributed by atoms with van der Waals surface area (Å²) in [6.45, 7) is 5.72. The number of sulfonamides is 1. The number of halogens is 1. The summed E-state index contributed by atoms with van der Waals surface area (Å²) in [7, 11) is -2.54. The molecular weight excluding hydrogens is 497 g/mol. The number of carbonyl (C=O) groups excluding carboxylic acids is 2. The molecular formula is C26H30FN5O4S. The lowest BCUT2D eigenvalue weighted by molar-refractivity contribution is -0.124. The summed E-state index contributed by atoms with van der Waals surface area (Å²) in [4.78, 5) is 30.5. The van der Waals surface area contributed by atoms with Gasteiger partial charge in [0.2, 0.25) is 15.9 Å². The highest BCUT2D eigenvalue weighted by molar-refractivity contribution is 7.89. The van der Waals surface area contributed by atoms with Crippen LogP contribution in [0.2, 0.25) is 0 Å². The number of nitrogens with zero attached hydrogens (tertiary/aromatic N) is 3. The molecule has 0 bridgehead atoms. The van der Waals surface area contributed by atoms with Gasteiger partial charge in [0.05, 0.1) is 17.1 Å². The van der Waals surface area contributed by atoms with Crippen LogP contribution < -0.4 is 10.6 Å². The largest absolute Gasteiger partial charge is 0.357 e. The number of rotatable bonds is 6. The highest BCUT2D eigenvalue weighted by Crippen LogP contribution is 2.30. The maximum absolute atomic E-state index is 13.8. The van der Waals surface area contributed by atoms with Crippen molar-refractivity contribution in [2.75, 3.05) is 13.6 Å². The highest BCUT2D eigenvalue weighted by atomic mass is 32.2. The van der Waals surface area contributed by atoms with Crippen molar-refractivity contribution in [3.8, 4) is 11.4 Å². The number of nitrogens with one attached hydrogen (secondary N) is 2. The minimum atomic E-state index is -4.03. The van der Waals surface area contributed by atoms with E-state index in [2.05, 4.69) is 15.6 Å². The van der Waals surface area contributed by atoms with Gasteiger partial charge in [-0.05, 0) is 23.6 Å². The lowest BCUT2D eigenvalue weighted by Crippen LogP contribution is -2.53. The van der Waals surface area contributed by atoms with Gasteiger partial charge in [-0.2, -0.15) is 4.31 Å². The molecule has 1 aliphatic rings. The topological polar surface area (TPSA) is 113 Å². The van der Waals surface area contributed by atoms with Crippen LogP contribution in [0.1, 0.15) is 37.0 Å². The number of likely N-dealkylation sites (N-methyl/N-ethyl adjacent to an activating group) is 1. The molecule has 1 atom stereocenters. The maximum Gasteiger partial charge on any atom is 0.272 e. The normalized spacial score (nSPS) is 15.1. The summed E-state index contributed by atoms with van der Waals surface area (Å²) in [5, 5.41) is 5.36. The molecule has 11 heteroatoms. The number of hydrogen-bond donors (Lipinski definition) is 2. The summed E-state index contributed by atoms with van der Waals surface area (Å²) in [5.41, 5.74) is 0.607. The Morgan fingerprint density at radius 3 is 2.38 bits per heavy atom. The van der Waals surface area contributed by atoms with Gasteiger partial charge < -0.3 is 15.2 Å². The van der Waals surface area contributed by atoms with Crippen LogP contribution in [0.3, 0.4) is 0 Å². The molecule has 3 aromatic rings. The van der Waals surface area contributed by atoms with Gasteiger partial charge in [-0.1, -0.05) is 57.2 Å². The first-order chi connectivity index (χ1) is 17.4. The SMILES string of the molecule is CNC(=O)[C@@H](NC(=O)c1nc(-c2ccccc2)n2c1CN(S(=O)(=O)c1cccc(F)c1)CC2)C(C)(C)C. The molecule has 4 rings (SSSR count). The molecule has 0 saturated carbocycles. The van der Waals surface area contributed by atoms with E-state index in [9.17, 15) is 22.4 Å². The van der Waals surface area contributed by atoms with Gasteiger partial charge in [0.25, 0.3) is 5.91 Å². The van der Waals surface area contributed by atoms with Crippen LogP contribution in [0.15, 0.2) is 59.5 Å². The quantitative estimate of drug-likeness (QED) is 0.512. The first-order valence-corrected chi connectivity index (χ1v) is 13.3. The molecule has 0 aliphatic carbocycles. The van der Waals surface area contributed by atoms with E-state index in [1.807, 2.05) is 55.7 Å². The predicted octanol–water partition coefficient (Wildman–Crippen LogP) is 2.78. The van der Waals surface area contributed by atoms with E-state index in [1.165, 1.54) is 29.6 Å². The summed E-state index contributed by atoms with van der Waals surface area (Å²) < 4.78 is 43.5. The molecule has 0 unspecified atom stereocenters. The fourth-order valence-corrected chi connectivity index (χ4v) is 5.76. The Balaban J connectivity index is 1.77. The van der Waals surface area contributed by atoms with E-state index in [4.69, 9.17) is 0 Å². The Morgan fingerprint density at radius 1 is 1.05 bits per heavy atom. The van der Waals surface area contributed by atoms with E-state index in [0.29, 0.717) is 11.5 Å². The summed E-state index contributed by atoms with van der Waals surface area (Å²) in [5.74, 6) is -1.07. The Morgan fingerprint density at radius 2 is 1.76 bits per heavy atom. The number of amides is 2. The van der Waals surface area contributed by atoms with Crippen molar-refractivity contribution in [2.24, 2.45) is 5.41 Å². The number of imidazole rings is 1. The maximum atomic E-state index is 13.8. The van der Waals surface area contributed by atoms with Crippen LogP contribution in [-0.2, 0) is 27.9 Å². The van der Waals surface area contributed by atoms with Crippen LogP contribution in [-0.4, -0.2) is 53.7 Å². The van der Waals surface area contributed by atoms with Gasteiger partial charge in [0.1, 0.15) is 17.7 Å². The molecule has 0 radical (unpaired) electrons. The van der Waals surface area contributed by atoms with E-state index in [1.54, 1.807) is 0 Å².